The molecule has 3 rings (SSSR count). The number of likely N-dealkylation sites (tertiary alicyclic amines) is 3. The van der Waals surface area contributed by atoms with Gasteiger partial charge in [0, 0.05) is 75.0 Å². The van der Waals surface area contributed by atoms with E-state index in [9.17, 15) is 52.7 Å². The van der Waals surface area contributed by atoms with Crippen LogP contribution in [0.1, 0.15) is 244 Å². The van der Waals surface area contributed by atoms with Gasteiger partial charge >= 0.3 is 0 Å². The SMILES string of the molecule is C/C(=N\OCCCCCC(=O)C(C)C)C(C)C.C/C(=N\OCCNC(=O)C(C)C)C(C)C.C/C(=N\OCCNC(=O)CCC(C)C)C(C)C.C/C(=N\OCCNC(=O)CCN1C(=O)CC(SC(C)C)C1=O)C(C)C.C/C(=N\OCCNC(=O)CCSC1CC(=O)N(CCOCCOCCN2C(=O)CC(C(C)C)C2=O)C1=O)C(C)C. The van der Waals surface area contributed by atoms with Gasteiger partial charge in [-0.1, -0.05) is 164 Å². The molecule has 114 heavy (non-hydrogen) atoms. The monoisotopic (exact) mass is 1650 g/mol. The first-order valence-corrected chi connectivity index (χ1v) is 42.9. The number of unbranched alkanes of at least 4 members (excludes halogenated alkanes) is 2. The number of rotatable bonds is 52. The molecule has 0 spiro atoms. The molecular formula is C82H148N12O18S2. The molecule has 10 amide bonds. The number of amides is 10. The summed E-state index contributed by atoms with van der Waals surface area (Å²) in [5.41, 5.74) is 4.74. The molecule has 0 saturated carbocycles. The van der Waals surface area contributed by atoms with Crippen LogP contribution in [0.3, 0.4) is 0 Å². The molecular weight excluding hydrogens is 1510 g/mol. The number of hydrogen-bond acceptors (Lipinski definition) is 25. The molecule has 0 bridgehead atoms. The Balaban J connectivity index is 0. The minimum absolute atomic E-state index is 0.0194. The number of imide groups is 3. The Labute approximate surface area is 691 Å². The maximum absolute atomic E-state index is 12.6. The van der Waals surface area contributed by atoms with Crippen LogP contribution in [0.5, 0.6) is 0 Å². The van der Waals surface area contributed by atoms with Crippen LogP contribution < -0.4 is 21.3 Å². The van der Waals surface area contributed by atoms with Gasteiger partial charge in [-0.2, -0.15) is 0 Å². The smallest absolute Gasteiger partial charge is 0.242 e. The average molecular weight is 1650 g/mol. The van der Waals surface area contributed by atoms with Crippen molar-refractivity contribution in [2.24, 2.45) is 85.0 Å². The number of ketones is 1. The molecule has 3 atom stereocenters. The Morgan fingerprint density at radius 1 is 0.386 bits per heavy atom. The van der Waals surface area contributed by atoms with Crippen molar-refractivity contribution >= 4 is 117 Å². The molecule has 0 radical (unpaired) electrons. The van der Waals surface area contributed by atoms with E-state index < -0.39 is 5.25 Å². The molecule has 3 heterocycles. The first-order valence-electron chi connectivity index (χ1n) is 40.9. The molecule has 0 aromatic rings. The Morgan fingerprint density at radius 3 is 1.14 bits per heavy atom. The third-order valence-electron chi connectivity index (χ3n) is 18.0. The molecule has 0 aliphatic carbocycles. The highest BCUT2D eigenvalue weighted by Crippen LogP contribution is 2.29. The van der Waals surface area contributed by atoms with E-state index in [2.05, 4.69) is 102 Å². The summed E-state index contributed by atoms with van der Waals surface area (Å²) in [5.74, 6) is 1.87. The van der Waals surface area contributed by atoms with Crippen molar-refractivity contribution in [3.05, 3.63) is 0 Å². The fourth-order valence-corrected chi connectivity index (χ4v) is 11.2. The van der Waals surface area contributed by atoms with E-state index in [4.69, 9.17) is 33.7 Å². The molecule has 30 nitrogen and oxygen atoms in total. The maximum atomic E-state index is 12.6. The number of carbonyl (C=O) groups excluding carboxylic acids is 11. The van der Waals surface area contributed by atoms with Gasteiger partial charge in [-0.05, 0) is 107 Å². The largest absolute Gasteiger partial charge is 0.396 e. The van der Waals surface area contributed by atoms with Crippen molar-refractivity contribution in [3.8, 4) is 0 Å². The van der Waals surface area contributed by atoms with E-state index in [-0.39, 0.29) is 185 Å². The molecule has 32 heteroatoms. The predicted molar refractivity (Wildman–Crippen MR) is 455 cm³/mol. The van der Waals surface area contributed by atoms with E-state index in [1.54, 1.807) is 0 Å². The molecule has 3 saturated heterocycles. The van der Waals surface area contributed by atoms with Gasteiger partial charge in [-0.25, -0.2) is 0 Å². The fraction of sp³-hybridized carbons (Fsp3) is 0.805. The Bertz CT molecular complexity index is 3010. The first-order chi connectivity index (χ1) is 53.6. The lowest BCUT2D eigenvalue weighted by Crippen LogP contribution is -2.36. The molecule has 0 aromatic carbocycles. The van der Waals surface area contributed by atoms with Gasteiger partial charge in [0.05, 0.1) is 105 Å². The molecule has 0 aromatic heterocycles. The second-order valence-corrected chi connectivity index (χ2v) is 34.4. The zero-order valence-electron chi connectivity index (χ0n) is 74.0. The normalized spacial score (nSPS) is 16.3. The highest BCUT2D eigenvalue weighted by molar-refractivity contribution is 8.01. The van der Waals surface area contributed by atoms with E-state index >= 15 is 0 Å². The standard InChI is InChI=1S/C27H44N4O8S.C17H29N3O4S.C14H27NO2.C13H26N2O2.C11H22N2O2/c1-18(2)20(5)29-39-10-7-28-23(32)6-15-40-22-17-25(34)31(27(22)36)9-12-38-14-13-37-11-8-30-24(33)16-21(19(3)4)26(30)35;1-11(2)13(5)19-24-9-7-18-15(21)6-8-20-16(22)10-14(17(20)23)25-12(3)4;1-11(2)13(5)15-17-10-8-6-7-9-14(16)12(3)4;1-10(2)6-7-13(16)14-8-9-17-15-12(5)11(3)4;1-8(2)10(5)13-15-7-6-12-11(14)9(3)4/h18-19,21-22H,6-17H2,1-5H3,(H,28,32);11-12,14H,6-10H2,1-5H3,(H,18,21);11-12H,6-10H2,1-5H3;10-11H,6-9H2,1-5H3,(H,14,16);8-9H,6-7H2,1-5H3,(H,12,14)/b29-20+;19-13+;15-13+;15-12+;13-10+. The van der Waals surface area contributed by atoms with Crippen LogP contribution >= 0.6 is 23.5 Å². The highest BCUT2D eigenvalue weighted by atomic mass is 32.2. The number of carbonyl (C=O) groups is 11. The molecule has 656 valence electrons. The highest BCUT2D eigenvalue weighted by Gasteiger charge is 2.41. The maximum Gasteiger partial charge on any atom is 0.242 e. The Kier molecular flexibility index (Phi) is 61.3. The van der Waals surface area contributed by atoms with Crippen molar-refractivity contribution in [1.29, 1.82) is 0 Å². The van der Waals surface area contributed by atoms with Gasteiger partial charge in [0.1, 0.15) is 38.8 Å². The van der Waals surface area contributed by atoms with Gasteiger partial charge in [-0.3, -0.25) is 67.4 Å². The van der Waals surface area contributed by atoms with E-state index in [1.807, 2.05) is 118 Å². The van der Waals surface area contributed by atoms with E-state index in [0.717, 1.165) is 54.2 Å². The van der Waals surface area contributed by atoms with Crippen molar-refractivity contribution in [2.45, 2.75) is 259 Å². The predicted octanol–water partition coefficient (Wildman–Crippen LogP) is 11.5. The third kappa shape index (κ3) is 53.2. The second kappa shape index (κ2) is 64.1. The second-order valence-electron chi connectivity index (χ2n) is 31.3. The topological polar surface area (TPSA) is 372 Å². The van der Waals surface area contributed by atoms with Gasteiger partial charge in [-0.15, -0.1) is 23.5 Å². The molecule has 3 unspecified atom stereocenters. The molecule has 3 aliphatic rings. The van der Waals surface area contributed by atoms with Gasteiger partial charge in [0.25, 0.3) is 0 Å². The number of Topliss-reactive ketones (excluding diaryl/α,β-unsaturated/α-hetero) is 1. The number of oxime groups is 5. The molecule has 3 aliphatic heterocycles. The van der Waals surface area contributed by atoms with Crippen LogP contribution in [0.2, 0.25) is 0 Å². The van der Waals surface area contributed by atoms with Crippen LogP contribution in [-0.2, 0) is 86.4 Å². The summed E-state index contributed by atoms with van der Waals surface area (Å²) in [4.78, 5) is 160. The fourth-order valence-electron chi connectivity index (χ4n) is 8.96. The van der Waals surface area contributed by atoms with Crippen LogP contribution in [0, 0.1) is 59.2 Å². The minimum atomic E-state index is -0.494. The van der Waals surface area contributed by atoms with Crippen LogP contribution in [0.15, 0.2) is 25.8 Å². The molecule has 4 N–H and O–H groups in total. The zero-order chi connectivity index (χ0) is 87.0. The van der Waals surface area contributed by atoms with Crippen molar-refractivity contribution in [1.82, 2.24) is 36.0 Å². The summed E-state index contributed by atoms with van der Waals surface area (Å²) < 4.78 is 11.0. The summed E-state index contributed by atoms with van der Waals surface area (Å²) in [5, 5.41) is 30.3. The quantitative estimate of drug-likeness (QED) is 0.0190. The number of nitrogens with zero attached hydrogens (tertiary/aromatic N) is 8. The minimum Gasteiger partial charge on any atom is -0.396 e. The summed E-state index contributed by atoms with van der Waals surface area (Å²) in [6, 6.07) is 0. The Morgan fingerprint density at radius 2 is 0.754 bits per heavy atom. The van der Waals surface area contributed by atoms with Gasteiger partial charge in [0.15, 0.2) is 0 Å². The average Bonchev–Trinajstić information content (AvgIpc) is 1.69. The van der Waals surface area contributed by atoms with Crippen LogP contribution in [0.25, 0.3) is 0 Å². The van der Waals surface area contributed by atoms with Crippen molar-refractivity contribution < 1.29 is 86.4 Å². The van der Waals surface area contributed by atoms with Gasteiger partial charge in [0.2, 0.25) is 59.1 Å². The lowest BCUT2D eigenvalue weighted by Gasteiger charge is -2.17. The van der Waals surface area contributed by atoms with Crippen LogP contribution in [0.4, 0.5) is 0 Å². The summed E-state index contributed by atoms with van der Waals surface area (Å²) in [6.07, 6.45) is 6.12. The van der Waals surface area contributed by atoms with Crippen LogP contribution in [-0.4, -0.2) is 235 Å². The van der Waals surface area contributed by atoms with Gasteiger partial charge < -0.3 is 54.9 Å². The number of thioether (sulfide) groups is 2. The number of hydrogen-bond donors (Lipinski definition) is 4. The lowest BCUT2D eigenvalue weighted by atomic mass is 9.94. The van der Waals surface area contributed by atoms with Crippen molar-refractivity contribution in [3.63, 3.8) is 0 Å². The third-order valence-corrected chi connectivity index (χ3v) is 20.4. The number of ether oxygens (including phenoxy) is 2. The zero-order valence-corrected chi connectivity index (χ0v) is 75.7. The van der Waals surface area contributed by atoms with E-state index in [0.29, 0.717) is 106 Å². The number of nitrogens with one attached hydrogen (secondary N) is 4. The Hall–Kier alpha value is -7.06. The molecule has 3 fully saturated rings. The summed E-state index contributed by atoms with van der Waals surface area (Å²) in [6.45, 7) is 55.0. The lowest BCUT2D eigenvalue weighted by molar-refractivity contribution is -0.142. The van der Waals surface area contributed by atoms with Crippen molar-refractivity contribution in [2.75, 3.05) is 111 Å². The first kappa shape index (κ1) is 109. The summed E-state index contributed by atoms with van der Waals surface area (Å²) >= 11 is 2.80. The van der Waals surface area contributed by atoms with E-state index in [1.165, 1.54) is 38.2 Å². The summed E-state index contributed by atoms with van der Waals surface area (Å²) in [7, 11) is 0.